The number of aromatic nitrogens is 6. The molecule has 75 heavy (non-hydrogen) atoms. The maximum atomic E-state index is 4.62. The quantitative estimate of drug-likeness (QED) is 0.0546. The topological polar surface area (TPSA) is 66.8 Å². The van der Waals surface area contributed by atoms with Crippen molar-refractivity contribution in [2.75, 3.05) is 6.54 Å². The summed E-state index contributed by atoms with van der Waals surface area (Å²) in [7, 11) is 4.61. The van der Waals surface area contributed by atoms with E-state index in [-0.39, 0.29) is 45.5 Å². The Balaban J connectivity index is 0.000000257. The van der Waals surface area contributed by atoms with Gasteiger partial charge < -0.3 is 9.80 Å². The van der Waals surface area contributed by atoms with E-state index in [1.807, 2.05) is 121 Å². The van der Waals surface area contributed by atoms with Crippen LogP contribution in [0.3, 0.4) is 0 Å². The normalized spacial score (nSPS) is 10.7. The minimum atomic E-state index is 0. The Hall–Kier alpha value is -5.82. The third-order valence-corrected chi connectivity index (χ3v) is 11.3. The molecule has 0 amide bonds. The van der Waals surface area contributed by atoms with Crippen molar-refractivity contribution in [1.29, 1.82) is 0 Å². The minimum absolute atomic E-state index is 0. The van der Waals surface area contributed by atoms with Crippen molar-refractivity contribution in [1.82, 2.24) is 34.3 Å². The van der Waals surface area contributed by atoms with Crippen LogP contribution in [0.25, 0.3) is 45.3 Å². The van der Waals surface area contributed by atoms with Gasteiger partial charge in [0.25, 0.3) is 0 Å². The molecule has 0 bridgehead atoms. The number of pyridine rings is 4. The molecule has 9 aromatic rings. The molecule has 0 N–H and O–H groups in total. The van der Waals surface area contributed by atoms with E-state index in [0.29, 0.717) is 0 Å². The van der Waals surface area contributed by atoms with Crippen molar-refractivity contribution in [3.05, 3.63) is 255 Å². The van der Waals surface area contributed by atoms with Gasteiger partial charge in [0.1, 0.15) is 18.9 Å². The molecule has 10 rings (SSSR count). The number of rotatable bonds is 16. The Morgan fingerprint density at radius 2 is 0.987 bits per heavy atom. The summed E-state index contributed by atoms with van der Waals surface area (Å²) in [5, 5.41) is 0. The number of halogens is 2. The minimum Gasteiger partial charge on any atom is -0.295 e. The number of unbranched alkanes of at least 4 members (excludes halogenated alkanes) is 4. The van der Waals surface area contributed by atoms with E-state index in [9.17, 15) is 0 Å². The van der Waals surface area contributed by atoms with Gasteiger partial charge in [0.05, 0.1) is 29.3 Å². The molecule has 394 valence electrons. The van der Waals surface area contributed by atoms with E-state index in [2.05, 4.69) is 173 Å². The second-order valence-electron chi connectivity index (χ2n) is 16.8. The van der Waals surface area contributed by atoms with E-state index in [1.165, 1.54) is 49.7 Å². The summed E-state index contributed by atoms with van der Waals surface area (Å²) in [6.07, 6.45) is 22.1. The molecule has 12 heteroatoms. The molecule has 1 aliphatic rings. The summed E-state index contributed by atoms with van der Waals surface area (Å²) in [5.41, 5.74) is 10.1. The molecule has 0 radical (unpaired) electrons. The monoisotopic (exact) mass is 1440 g/mol. The molecule has 0 saturated heterocycles. The van der Waals surface area contributed by atoms with Crippen LogP contribution in [-0.4, -0.2) is 40.8 Å². The van der Waals surface area contributed by atoms with Gasteiger partial charge in [-0.1, -0.05) is 138 Å². The summed E-state index contributed by atoms with van der Waals surface area (Å²) in [6.45, 7) is 10.9. The van der Waals surface area contributed by atoms with Crippen LogP contribution >= 0.6 is 26.4 Å². The summed E-state index contributed by atoms with van der Waals surface area (Å²) < 4.78 is 4.51. The molecule has 0 atom stereocenters. The number of aryl methyl sites for hydroxylation is 1. The summed E-state index contributed by atoms with van der Waals surface area (Å²) in [6, 6.07) is 66.7. The Morgan fingerprint density at radius 1 is 0.520 bits per heavy atom. The van der Waals surface area contributed by atoms with Gasteiger partial charge in [0, 0.05) is 18.9 Å². The largest absolute Gasteiger partial charge is 2.00 e. The van der Waals surface area contributed by atoms with Crippen LogP contribution in [0, 0.1) is 18.8 Å². The average Bonchev–Trinajstić information content (AvgIpc) is 4.12. The molecule has 6 heterocycles. The van der Waals surface area contributed by atoms with Crippen LogP contribution in [0.5, 0.6) is 0 Å². The predicted octanol–water partition coefficient (Wildman–Crippen LogP) is 15.7. The molecular weight excluding hydrogens is 1370 g/mol. The number of imidazole rings is 1. The van der Waals surface area contributed by atoms with Gasteiger partial charge in [-0.05, 0) is 97.1 Å². The van der Waals surface area contributed by atoms with Gasteiger partial charge in [-0.25, -0.2) is 9.13 Å². The maximum absolute atomic E-state index is 4.62. The van der Waals surface area contributed by atoms with Crippen molar-refractivity contribution in [2.45, 2.75) is 79.4 Å². The van der Waals surface area contributed by atoms with Gasteiger partial charge in [0.2, 0.25) is 6.33 Å². The first-order valence-corrected chi connectivity index (χ1v) is 27.5. The van der Waals surface area contributed by atoms with Crippen molar-refractivity contribution in [3.8, 4) is 45.3 Å². The zero-order chi connectivity index (χ0) is 50.3. The Labute approximate surface area is 487 Å². The van der Waals surface area contributed by atoms with Crippen LogP contribution in [0.15, 0.2) is 226 Å². The Morgan fingerprint density at radius 3 is 1.48 bits per heavy atom. The zero-order valence-electron chi connectivity index (χ0n) is 42.0. The second kappa shape index (κ2) is 37.8. The zero-order valence-corrected chi connectivity index (χ0v) is 49.0. The Bertz CT molecular complexity index is 2620. The summed E-state index contributed by atoms with van der Waals surface area (Å²) >= 11 is 1.61. The number of hydrogen-bond donors (Lipinski definition) is 0. The molecule has 4 aromatic carbocycles. The fraction of sp³-hybridized carbons (Fsp3) is 0.206. The average molecular weight is 1440 g/mol. The molecule has 1 aliphatic heterocycles. The van der Waals surface area contributed by atoms with Crippen molar-refractivity contribution in [2.24, 2.45) is 0 Å². The summed E-state index contributed by atoms with van der Waals surface area (Å²) in [5.74, 6) is 0. The number of nitrogens with zero attached hydrogens (tertiary/aromatic N) is 8. The maximum Gasteiger partial charge on any atom is 2.00 e. The van der Waals surface area contributed by atoms with E-state index in [4.69, 9.17) is 0 Å². The first-order valence-electron chi connectivity index (χ1n) is 24.6. The van der Waals surface area contributed by atoms with E-state index >= 15 is 0 Å². The fourth-order valence-electron chi connectivity index (χ4n) is 7.59. The van der Waals surface area contributed by atoms with Crippen LogP contribution in [0.1, 0.15) is 70.9 Å². The van der Waals surface area contributed by atoms with Gasteiger partial charge in [-0.2, -0.15) is 6.67 Å². The van der Waals surface area contributed by atoms with Crippen molar-refractivity contribution in [3.63, 3.8) is 0 Å². The molecule has 0 spiro atoms. The molecule has 0 saturated carbocycles. The third-order valence-electron chi connectivity index (χ3n) is 11.3. The van der Waals surface area contributed by atoms with E-state index in [1.54, 1.807) is 31.2 Å². The molecular formula is C63H69BrClN8Pt2+. The van der Waals surface area contributed by atoms with Gasteiger partial charge >= 0.3 is 49.3 Å². The molecule has 8 nitrogen and oxygen atoms in total. The van der Waals surface area contributed by atoms with Crippen LogP contribution in [0.4, 0.5) is 0 Å². The first kappa shape index (κ1) is 63.5. The first-order chi connectivity index (χ1) is 35.6. The summed E-state index contributed by atoms with van der Waals surface area (Å²) in [4.78, 5) is 22.4. The van der Waals surface area contributed by atoms with E-state index < -0.39 is 0 Å². The SMILES string of the molecule is Br.C.CCCCCN1C=CN(Cc2ccccc2)[CH-]1.CCCCCn1cc[n+](Cc2ccccc2)c1.[Cl][Pt+].[Pt+2].[c-]1ccccc1-c1cccc(-c2ccccn2)n1.[c-]1ccccc1-c1cccc(-c2ccccn2)n1. The third kappa shape index (κ3) is 22.9. The smallest absolute Gasteiger partial charge is 0.295 e. The van der Waals surface area contributed by atoms with Crippen LogP contribution < -0.4 is 4.57 Å². The number of hydrogen-bond acceptors (Lipinski definition) is 6. The predicted molar refractivity (Wildman–Crippen MR) is 308 cm³/mol. The molecule has 0 aliphatic carbocycles. The molecule has 0 unspecified atom stereocenters. The van der Waals surface area contributed by atoms with Gasteiger partial charge in [-0.15, -0.1) is 88.8 Å². The molecule has 5 aromatic heterocycles. The standard InChI is InChI=1S/2C16H11N2.2C15H21N2.CH4.BrH.ClH.2Pt/c2*1-2-7-13(8-3-1)14-10-6-11-16(18-14)15-9-4-5-12-17-15;2*1-2-3-7-10-16-11-12-17(14-16)13-15-8-5-4-6-9-15;;;;;/h2*1-7,9-12H;2*4-6,8-9,11-12,14H,2-3,7,10,13H2,1H3;1H4;2*1H;;/q3*-1;+1;;;;2*+2/p-1. The van der Waals surface area contributed by atoms with Crippen LogP contribution in [0.2, 0.25) is 0 Å². The van der Waals surface area contributed by atoms with Gasteiger partial charge in [0.15, 0.2) is 0 Å². The van der Waals surface area contributed by atoms with E-state index in [0.717, 1.165) is 71.5 Å². The van der Waals surface area contributed by atoms with Crippen LogP contribution in [-0.2, 0) is 59.5 Å². The van der Waals surface area contributed by atoms with Crippen molar-refractivity contribution >= 4 is 26.4 Å². The number of benzene rings is 4. The van der Waals surface area contributed by atoms with Gasteiger partial charge in [-0.3, -0.25) is 19.9 Å². The Kier molecular flexibility index (Phi) is 32.0. The van der Waals surface area contributed by atoms with Crippen molar-refractivity contribution < 1.29 is 44.4 Å². The molecule has 0 fully saturated rings. The fourth-order valence-corrected chi connectivity index (χ4v) is 7.59. The second-order valence-corrected chi connectivity index (χ2v) is 16.8.